The molecule has 1 unspecified atom stereocenters. The molecule has 1 aliphatic heterocycles. The second kappa shape index (κ2) is 6.15. The van der Waals surface area contributed by atoms with Crippen LogP contribution in [0, 0.1) is 0 Å². The highest BCUT2D eigenvalue weighted by molar-refractivity contribution is 9.10. The van der Waals surface area contributed by atoms with E-state index in [9.17, 15) is 4.79 Å². The van der Waals surface area contributed by atoms with E-state index >= 15 is 0 Å². The average Bonchev–Trinajstić information content (AvgIpc) is 2.81. The van der Waals surface area contributed by atoms with Crippen molar-refractivity contribution in [2.24, 2.45) is 0 Å². The quantitative estimate of drug-likeness (QED) is 0.844. The molecule has 1 saturated heterocycles. The number of hydrogen-bond acceptors (Lipinski definition) is 4. The maximum Gasteiger partial charge on any atom is 0.248 e. The summed E-state index contributed by atoms with van der Waals surface area (Å²) in [4.78, 5) is 17.5. The van der Waals surface area contributed by atoms with Gasteiger partial charge in [0.25, 0.3) is 0 Å². The van der Waals surface area contributed by atoms with Gasteiger partial charge >= 0.3 is 0 Å². The molecule has 1 aromatic rings. The zero-order valence-corrected chi connectivity index (χ0v) is 11.7. The van der Waals surface area contributed by atoms with Gasteiger partial charge in [0, 0.05) is 26.3 Å². The molecule has 1 atom stereocenters. The Balaban J connectivity index is 1.90. The van der Waals surface area contributed by atoms with Crippen molar-refractivity contribution in [2.45, 2.75) is 12.5 Å². The number of aromatic nitrogens is 1. The van der Waals surface area contributed by atoms with Crippen LogP contribution in [0.25, 0.3) is 0 Å². The molecule has 0 N–H and O–H groups in total. The lowest BCUT2D eigenvalue weighted by molar-refractivity contribution is -0.134. The Morgan fingerprint density at radius 2 is 2.50 bits per heavy atom. The minimum atomic E-state index is -0.00277. The summed E-state index contributed by atoms with van der Waals surface area (Å²) in [6.07, 6.45) is 2.50. The van der Waals surface area contributed by atoms with Crippen molar-refractivity contribution in [3.8, 4) is 5.88 Å². The highest BCUT2D eigenvalue weighted by Crippen LogP contribution is 2.24. The van der Waals surface area contributed by atoms with Crippen LogP contribution in [0.3, 0.4) is 0 Å². The van der Waals surface area contributed by atoms with E-state index in [0.29, 0.717) is 19.0 Å². The predicted octanol–water partition coefficient (Wildman–Crippen LogP) is 1.47. The number of halogens is 1. The molecule has 5 nitrogen and oxygen atoms in total. The number of likely N-dealkylation sites (tertiary alicyclic amines) is 1. The van der Waals surface area contributed by atoms with Gasteiger partial charge in [-0.1, -0.05) is 0 Å². The summed E-state index contributed by atoms with van der Waals surface area (Å²) in [6, 6.07) is 3.71. The van der Waals surface area contributed by atoms with E-state index in [1.165, 1.54) is 7.11 Å². The van der Waals surface area contributed by atoms with Crippen LogP contribution in [-0.2, 0) is 9.53 Å². The van der Waals surface area contributed by atoms with E-state index in [0.717, 1.165) is 10.9 Å². The van der Waals surface area contributed by atoms with Crippen LogP contribution in [-0.4, -0.2) is 48.7 Å². The summed E-state index contributed by atoms with van der Waals surface area (Å²) in [7, 11) is 1.52. The minimum Gasteiger partial charge on any atom is -0.472 e. The van der Waals surface area contributed by atoms with E-state index in [-0.39, 0.29) is 18.6 Å². The number of amides is 1. The van der Waals surface area contributed by atoms with Crippen LogP contribution in [0.5, 0.6) is 5.88 Å². The Morgan fingerprint density at radius 1 is 1.67 bits per heavy atom. The van der Waals surface area contributed by atoms with Gasteiger partial charge in [0.15, 0.2) is 0 Å². The molecule has 0 spiro atoms. The van der Waals surface area contributed by atoms with E-state index in [1.54, 1.807) is 11.1 Å². The van der Waals surface area contributed by atoms with Crippen LogP contribution in [0.2, 0.25) is 0 Å². The molecule has 2 heterocycles. The molecule has 18 heavy (non-hydrogen) atoms. The summed E-state index contributed by atoms with van der Waals surface area (Å²) in [6.45, 7) is 1.42. The van der Waals surface area contributed by atoms with Crippen molar-refractivity contribution in [3.05, 3.63) is 22.8 Å². The molecular formula is C12H15BrN2O3. The first kappa shape index (κ1) is 13.3. The third-order valence-corrected chi connectivity index (χ3v) is 3.37. The molecule has 0 bridgehead atoms. The fraction of sp³-hybridized carbons (Fsp3) is 0.500. The van der Waals surface area contributed by atoms with Gasteiger partial charge in [-0.3, -0.25) is 4.79 Å². The summed E-state index contributed by atoms with van der Waals surface area (Å²) in [5, 5.41) is 0. The highest BCUT2D eigenvalue weighted by Gasteiger charge is 2.27. The van der Waals surface area contributed by atoms with Crippen LogP contribution in [0.1, 0.15) is 6.42 Å². The first-order valence-corrected chi connectivity index (χ1v) is 6.54. The molecule has 0 radical (unpaired) electrons. The van der Waals surface area contributed by atoms with Crippen molar-refractivity contribution in [2.75, 3.05) is 26.8 Å². The number of carbonyl (C=O) groups is 1. The minimum absolute atomic E-state index is 0.00277. The van der Waals surface area contributed by atoms with Gasteiger partial charge in [-0.2, -0.15) is 0 Å². The topological polar surface area (TPSA) is 51.7 Å². The zero-order valence-electron chi connectivity index (χ0n) is 10.1. The lowest BCUT2D eigenvalue weighted by atomic mass is 10.3. The number of hydrogen-bond donors (Lipinski definition) is 0. The average molecular weight is 315 g/mol. The Labute approximate surface area is 114 Å². The normalized spacial score (nSPS) is 19.0. The molecule has 0 aromatic carbocycles. The molecule has 6 heteroatoms. The Morgan fingerprint density at radius 3 is 3.22 bits per heavy atom. The van der Waals surface area contributed by atoms with Crippen molar-refractivity contribution in [1.82, 2.24) is 9.88 Å². The van der Waals surface area contributed by atoms with Gasteiger partial charge < -0.3 is 14.4 Å². The van der Waals surface area contributed by atoms with Crippen molar-refractivity contribution in [3.63, 3.8) is 0 Å². The van der Waals surface area contributed by atoms with Gasteiger partial charge in [0.2, 0.25) is 11.8 Å². The number of ether oxygens (including phenoxy) is 2. The SMILES string of the molecule is COCC(=O)N1CCC(Oc2ncccc2Br)C1. The fourth-order valence-electron chi connectivity index (χ4n) is 1.88. The summed E-state index contributed by atoms with van der Waals surface area (Å²) < 4.78 is 11.4. The predicted molar refractivity (Wildman–Crippen MR) is 69.4 cm³/mol. The van der Waals surface area contributed by atoms with E-state index in [2.05, 4.69) is 20.9 Å². The highest BCUT2D eigenvalue weighted by atomic mass is 79.9. The van der Waals surface area contributed by atoms with Crippen LogP contribution in [0.4, 0.5) is 0 Å². The molecule has 98 valence electrons. The smallest absolute Gasteiger partial charge is 0.248 e. The second-order valence-electron chi connectivity index (χ2n) is 4.09. The molecule has 1 aromatic heterocycles. The maximum absolute atomic E-state index is 11.6. The number of nitrogens with zero attached hydrogens (tertiary/aromatic N) is 2. The zero-order chi connectivity index (χ0) is 13.0. The maximum atomic E-state index is 11.6. The van der Waals surface area contributed by atoms with Gasteiger partial charge in [0.05, 0.1) is 11.0 Å². The van der Waals surface area contributed by atoms with Gasteiger partial charge in [-0.15, -0.1) is 0 Å². The molecular weight excluding hydrogens is 300 g/mol. The van der Waals surface area contributed by atoms with Gasteiger partial charge in [-0.05, 0) is 28.1 Å². The Bertz CT molecular complexity index is 428. The lowest BCUT2D eigenvalue weighted by Gasteiger charge is -2.16. The standard InChI is InChI=1S/C12H15BrN2O3/c1-17-8-11(16)15-6-4-9(7-15)18-12-10(13)3-2-5-14-12/h2-3,5,9H,4,6-8H2,1H3. The Hall–Kier alpha value is -1.14. The third-order valence-electron chi connectivity index (χ3n) is 2.77. The first-order chi connectivity index (χ1) is 8.70. The van der Waals surface area contributed by atoms with Crippen molar-refractivity contribution < 1.29 is 14.3 Å². The van der Waals surface area contributed by atoms with Crippen LogP contribution in [0.15, 0.2) is 22.8 Å². The van der Waals surface area contributed by atoms with E-state index in [1.807, 2.05) is 12.1 Å². The number of methoxy groups -OCH3 is 1. The lowest BCUT2D eigenvalue weighted by Crippen LogP contribution is -2.33. The molecule has 1 amide bonds. The van der Waals surface area contributed by atoms with E-state index in [4.69, 9.17) is 9.47 Å². The second-order valence-corrected chi connectivity index (χ2v) is 4.95. The van der Waals surface area contributed by atoms with Crippen LogP contribution >= 0.6 is 15.9 Å². The third kappa shape index (κ3) is 3.20. The number of rotatable bonds is 4. The number of pyridine rings is 1. The largest absolute Gasteiger partial charge is 0.472 e. The molecule has 1 aliphatic rings. The van der Waals surface area contributed by atoms with Crippen molar-refractivity contribution >= 4 is 21.8 Å². The monoisotopic (exact) mass is 314 g/mol. The molecule has 1 fully saturated rings. The Kier molecular flexibility index (Phi) is 4.54. The first-order valence-electron chi connectivity index (χ1n) is 5.74. The van der Waals surface area contributed by atoms with Crippen molar-refractivity contribution in [1.29, 1.82) is 0 Å². The van der Waals surface area contributed by atoms with E-state index < -0.39 is 0 Å². The molecule has 0 aliphatic carbocycles. The fourth-order valence-corrected chi connectivity index (χ4v) is 2.23. The molecule has 2 rings (SSSR count). The summed E-state index contributed by atoms with van der Waals surface area (Å²) in [5.74, 6) is 0.576. The molecule has 0 saturated carbocycles. The van der Waals surface area contributed by atoms with Gasteiger partial charge in [0.1, 0.15) is 12.7 Å². The summed E-state index contributed by atoms with van der Waals surface area (Å²) in [5.41, 5.74) is 0. The number of carbonyl (C=O) groups excluding carboxylic acids is 1. The summed E-state index contributed by atoms with van der Waals surface area (Å²) >= 11 is 3.38. The van der Waals surface area contributed by atoms with Crippen LogP contribution < -0.4 is 4.74 Å². The van der Waals surface area contributed by atoms with Gasteiger partial charge in [-0.25, -0.2) is 4.98 Å².